The summed E-state index contributed by atoms with van der Waals surface area (Å²) in [6.07, 6.45) is 3.00. The summed E-state index contributed by atoms with van der Waals surface area (Å²) in [6.45, 7) is 5.85. The predicted molar refractivity (Wildman–Crippen MR) is 85.4 cm³/mol. The standard InChI is InChI=1S/C15H15BrN2O4/c1-3-5-18-14(20)11(17-15(18)21)6-9-7-13(22-4-2)12(19)8-10(9)16/h3,6-8,19H,1,4-5H2,2H3,(H,17,21). The van der Waals surface area contributed by atoms with Gasteiger partial charge in [0.05, 0.1) is 6.61 Å². The summed E-state index contributed by atoms with van der Waals surface area (Å²) in [5, 5.41) is 12.3. The van der Waals surface area contributed by atoms with Gasteiger partial charge in [0.1, 0.15) is 5.70 Å². The quantitative estimate of drug-likeness (QED) is 0.477. The van der Waals surface area contributed by atoms with Crippen LogP contribution in [0.5, 0.6) is 11.5 Å². The Balaban J connectivity index is 2.37. The molecule has 0 aliphatic carbocycles. The van der Waals surface area contributed by atoms with Crippen molar-refractivity contribution in [1.82, 2.24) is 10.2 Å². The predicted octanol–water partition coefficient (Wildman–Crippen LogP) is 2.63. The van der Waals surface area contributed by atoms with E-state index >= 15 is 0 Å². The van der Waals surface area contributed by atoms with E-state index in [1.165, 1.54) is 18.2 Å². The molecule has 1 fully saturated rings. The normalized spacial score (nSPS) is 16.1. The van der Waals surface area contributed by atoms with Gasteiger partial charge in [0, 0.05) is 11.0 Å². The first-order valence-corrected chi connectivity index (χ1v) is 7.38. The van der Waals surface area contributed by atoms with Gasteiger partial charge in [-0.05, 0) is 30.7 Å². The van der Waals surface area contributed by atoms with Gasteiger partial charge >= 0.3 is 6.03 Å². The number of ether oxygens (including phenoxy) is 1. The number of hydrogen-bond acceptors (Lipinski definition) is 4. The van der Waals surface area contributed by atoms with Crippen LogP contribution in [0, 0.1) is 0 Å². The highest BCUT2D eigenvalue weighted by Gasteiger charge is 2.32. The second-order valence-corrected chi connectivity index (χ2v) is 5.32. The molecule has 0 spiro atoms. The second-order valence-electron chi connectivity index (χ2n) is 4.47. The molecular formula is C15H15BrN2O4. The number of nitrogens with zero attached hydrogens (tertiary/aromatic N) is 1. The lowest BCUT2D eigenvalue weighted by Crippen LogP contribution is -2.30. The summed E-state index contributed by atoms with van der Waals surface area (Å²) in [5.74, 6) is -0.133. The van der Waals surface area contributed by atoms with Gasteiger partial charge in [0.25, 0.3) is 5.91 Å². The Hall–Kier alpha value is -2.28. The van der Waals surface area contributed by atoms with Gasteiger partial charge in [-0.15, -0.1) is 6.58 Å². The summed E-state index contributed by atoms with van der Waals surface area (Å²) in [4.78, 5) is 24.9. The molecule has 2 rings (SSSR count). The fourth-order valence-corrected chi connectivity index (χ4v) is 2.41. The van der Waals surface area contributed by atoms with Gasteiger partial charge in [0.2, 0.25) is 0 Å². The molecule has 1 aromatic rings. The summed E-state index contributed by atoms with van der Waals surface area (Å²) in [7, 11) is 0. The summed E-state index contributed by atoms with van der Waals surface area (Å²) in [6, 6.07) is 2.57. The van der Waals surface area contributed by atoms with Crippen LogP contribution in [0.2, 0.25) is 0 Å². The van der Waals surface area contributed by atoms with Crippen molar-refractivity contribution in [2.24, 2.45) is 0 Å². The molecule has 3 amide bonds. The van der Waals surface area contributed by atoms with Crippen molar-refractivity contribution in [2.45, 2.75) is 6.92 Å². The van der Waals surface area contributed by atoms with Crippen molar-refractivity contribution in [3.8, 4) is 11.5 Å². The van der Waals surface area contributed by atoms with Crippen LogP contribution in [0.1, 0.15) is 12.5 Å². The van der Waals surface area contributed by atoms with E-state index in [4.69, 9.17) is 4.74 Å². The highest BCUT2D eigenvalue weighted by molar-refractivity contribution is 9.10. The fourth-order valence-electron chi connectivity index (χ4n) is 1.96. The highest BCUT2D eigenvalue weighted by Crippen LogP contribution is 2.34. The molecule has 1 aliphatic heterocycles. The lowest BCUT2D eigenvalue weighted by atomic mass is 10.1. The molecule has 0 aromatic heterocycles. The van der Waals surface area contributed by atoms with Crippen LogP contribution in [0.15, 0.2) is 35.0 Å². The van der Waals surface area contributed by atoms with Crippen molar-refractivity contribution < 1.29 is 19.4 Å². The average Bonchev–Trinajstić information content (AvgIpc) is 2.72. The van der Waals surface area contributed by atoms with E-state index in [0.29, 0.717) is 22.4 Å². The molecule has 6 nitrogen and oxygen atoms in total. The van der Waals surface area contributed by atoms with Crippen LogP contribution in [0.4, 0.5) is 4.79 Å². The van der Waals surface area contributed by atoms with E-state index in [1.54, 1.807) is 13.0 Å². The first-order chi connectivity index (χ1) is 10.5. The maximum absolute atomic E-state index is 12.1. The van der Waals surface area contributed by atoms with E-state index < -0.39 is 11.9 Å². The van der Waals surface area contributed by atoms with Crippen LogP contribution in [0.3, 0.4) is 0 Å². The van der Waals surface area contributed by atoms with Crippen molar-refractivity contribution in [3.05, 3.63) is 40.5 Å². The molecule has 1 aliphatic rings. The number of halogens is 1. The minimum Gasteiger partial charge on any atom is -0.504 e. The number of carbonyl (C=O) groups excluding carboxylic acids is 2. The Bertz CT molecular complexity index is 670. The number of amides is 3. The molecule has 116 valence electrons. The number of rotatable bonds is 5. The molecule has 0 saturated carbocycles. The topological polar surface area (TPSA) is 78.9 Å². The lowest BCUT2D eigenvalue weighted by Gasteiger charge is -2.09. The number of carbonyl (C=O) groups is 2. The van der Waals surface area contributed by atoms with E-state index in [1.807, 2.05) is 0 Å². The van der Waals surface area contributed by atoms with E-state index in [9.17, 15) is 14.7 Å². The van der Waals surface area contributed by atoms with Crippen LogP contribution >= 0.6 is 15.9 Å². The van der Waals surface area contributed by atoms with Crippen LogP contribution in [-0.2, 0) is 4.79 Å². The van der Waals surface area contributed by atoms with Gasteiger partial charge in [0.15, 0.2) is 11.5 Å². The Kier molecular flexibility index (Phi) is 4.87. The Labute approximate surface area is 136 Å². The molecule has 0 bridgehead atoms. The molecule has 0 unspecified atom stereocenters. The number of nitrogens with one attached hydrogen (secondary N) is 1. The molecule has 1 aromatic carbocycles. The van der Waals surface area contributed by atoms with Crippen LogP contribution in [0.25, 0.3) is 6.08 Å². The Morgan fingerprint density at radius 3 is 2.82 bits per heavy atom. The van der Waals surface area contributed by atoms with E-state index in [-0.39, 0.29) is 18.0 Å². The third kappa shape index (κ3) is 3.14. The second kappa shape index (κ2) is 6.65. The molecule has 0 radical (unpaired) electrons. The molecule has 2 N–H and O–H groups in total. The maximum atomic E-state index is 12.1. The molecule has 1 saturated heterocycles. The maximum Gasteiger partial charge on any atom is 0.329 e. The Morgan fingerprint density at radius 2 is 2.18 bits per heavy atom. The molecular weight excluding hydrogens is 352 g/mol. The average molecular weight is 367 g/mol. The number of imide groups is 1. The number of benzene rings is 1. The number of hydrogen-bond donors (Lipinski definition) is 2. The minimum absolute atomic E-state index is 0.00839. The number of phenolic OH excluding ortho intramolecular Hbond substituents is 1. The molecule has 22 heavy (non-hydrogen) atoms. The van der Waals surface area contributed by atoms with E-state index in [0.717, 1.165) is 4.90 Å². The van der Waals surface area contributed by atoms with Crippen molar-refractivity contribution in [3.63, 3.8) is 0 Å². The zero-order chi connectivity index (χ0) is 16.3. The fraction of sp³-hybridized carbons (Fsp3) is 0.200. The molecule has 7 heteroatoms. The Morgan fingerprint density at radius 1 is 1.45 bits per heavy atom. The largest absolute Gasteiger partial charge is 0.504 e. The molecule has 1 heterocycles. The number of urea groups is 1. The zero-order valence-corrected chi connectivity index (χ0v) is 13.5. The summed E-state index contributed by atoms with van der Waals surface area (Å²) >= 11 is 3.31. The van der Waals surface area contributed by atoms with Crippen molar-refractivity contribution in [2.75, 3.05) is 13.2 Å². The highest BCUT2D eigenvalue weighted by atomic mass is 79.9. The summed E-state index contributed by atoms with van der Waals surface area (Å²) < 4.78 is 5.88. The lowest BCUT2D eigenvalue weighted by molar-refractivity contribution is -0.122. The minimum atomic E-state index is -0.490. The first kappa shape index (κ1) is 16.1. The van der Waals surface area contributed by atoms with Crippen molar-refractivity contribution in [1.29, 1.82) is 0 Å². The van der Waals surface area contributed by atoms with Gasteiger partial charge in [-0.2, -0.15) is 0 Å². The summed E-state index contributed by atoms with van der Waals surface area (Å²) in [5.41, 5.74) is 0.756. The van der Waals surface area contributed by atoms with Crippen LogP contribution < -0.4 is 10.1 Å². The van der Waals surface area contributed by atoms with Crippen molar-refractivity contribution >= 4 is 33.9 Å². The SMILES string of the molecule is C=CCN1C(=O)NC(=Cc2cc(OCC)c(O)cc2Br)C1=O. The van der Waals surface area contributed by atoms with Gasteiger partial charge < -0.3 is 15.2 Å². The number of phenols is 1. The van der Waals surface area contributed by atoms with Gasteiger partial charge in [-0.3, -0.25) is 9.69 Å². The third-order valence-corrected chi connectivity index (χ3v) is 3.64. The van der Waals surface area contributed by atoms with Crippen LogP contribution in [-0.4, -0.2) is 35.1 Å². The van der Waals surface area contributed by atoms with Gasteiger partial charge in [-0.25, -0.2) is 4.79 Å². The third-order valence-electron chi connectivity index (χ3n) is 2.95. The zero-order valence-electron chi connectivity index (χ0n) is 11.9. The smallest absolute Gasteiger partial charge is 0.329 e. The van der Waals surface area contributed by atoms with Gasteiger partial charge in [-0.1, -0.05) is 22.0 Å². The monoisotopic (exact) mass is 366 g/mol. The molecule has 0 atom stereocenters. The number of aromatic hydroxyl groups is 1. The van der Waals surface area contributed by atoms with E-state index in [2.05, 4.69) is 27.8 Å². The first-order valence-electron chi connectivity index (χ1n) is 6.58.